The highest BCUT2D eigenvalue weighted by molar-refractivity contribution is 5.74. The quantitative estimate of drug-likeness (QED) is 0.676. The van der Waals surface area contributed by atoms with Crippen LogP contribution in [0.2, 0.25) is 0 Å². The minimum atomic E-state index is -0.432. The first-order valence-electron chi connectivity index (χ1n) is 5.75. The molecule has 2 unspecified atom stereocenters. The fourth-order valence-electron chi connectivity index (χ4n) is 2.17. The van der Waals surface area contributed by atoms with Gasteiger partial charge in [-0.1, -0.05) is 26.7 Å². The molecule has 15 heavy (non-hydrogen) atoms. The van der Waals surface area contributed by atoms with Crippen molar-refractivity contribution in [3.8, 4) is 0 Å². The first-order valence-corrected chi connectivity index (χ1v) is 5.75. The predicted octanol–water partition coefficient (Wildman–Crippen LogP) is 1.21. The molecule has 1 aliphatic carbocycles. The molecular formula is C11H22N2O2. The molecule has 0 heterocycles. The van der Waals surface area contributed by atoms with E-state index in [0.29, 0.717) is 6.04 Å². The third kappa shape index (κ3) is 4.62. The topological polar surface area (TPSA) is 64.3 Å². The van der Waals surface area contributed by atoms with Crippen LogP contribution in [0.4, 0.5) is 0 Å². The van der Waals surface area contributed by atoms with Crippen molar-refractivity contribution in [1.29, 1.82) is 0 Å². The number of amides is 1. The van der Waals surface area contributed by atoms with Crippen molar-refractivity contribution in [3.05, 3.63) is 0 Å². The number of primary amides is 1. The molecule has 3 N–H and O–H groups in total. The number of nitrogens with two attached hydrogens (primary N) is 1. The molecule has 88 valence electrons. The summed E-state index contributed by atoms with van der Waals surface area (Å²) in [4.78, 5) is 15.5. The Morgan fingerprint density at radius 2 is 2.27 bits per heavy atom. The first-order chi connectivity index (χ1) is 7.09. The monoisotopic (exact) mass is 214 g/mol. The molecule has 0 aromatic carbocycles. The summed E-state index contributed by atoms with van der Waals surface area (Å²) in [6.07, 6.45) is 4.81. The molecule has 1 amide bonds. The molecule has 0 aromatic heterocycles. The molecule has 0 aliphatic heterocycles. The van der Waals surface area contributed by atoms with Gasteiger partial charge in [0.25, 0.3) is 0 Å². The van der Waals surface area contributed by atoms with E-state index in [1.54, 1.807) is 0 Å². The van der Waals surface area contributed by atoms with E-state index in [0.717, 1.165) is 24.7 Å². The normalized spacial score (nSPS) is 26.9. The Morgan fingerprint density at radius 3 is 2.87 bits per heavy atom. The number of nitrogens with one attached hydrogen (secondary N) is 1. The van der Waals surface area contributed by atoms with Gasteiger partial charge < -0.3 is 5.73 Å². The van der Waals surface area contributed by atoms with Crippen LogP contribution in [-0.4, -0.2) is 18.6 Å². The van der Waals surface area contributed by atoms with E-state index >= 15 is 0 Å². The molecule has 2 atom stereocenters. The molecule has 0 radical (unpaired) electrons. The fourth-order valence-corrected chi connectivity index (χ4v) is 2.17. The molecule has 4 nitrogen and oxygen atoms in total. The zero-order chi connectivity index (χ0) is 11.3. The summed E-state index contributed by atoms with van der Waals surface area (Å²) in [6.45, 7) is 4.48. The first kappa shape index (κ1) is 12.5. The number of hydrogen-bond donors (Lipinski definition) is 2. The van der Waals surface area contributed by atoms with Crippen molar-refractivity contribution in [2.24, 2.45) is 17.6 Å². The van der Waals surface area contributed by atoms with Gasteiger partial charge in [0.05, 0.1) is 0 Å². The maximum absolute atomic E-state index is 10.5. The largest absolute Gasteiger partial charge is 0.368 e. The second-order valence-electron chi connectivity index (χ2n) is 4.74. The summed E-state index contributed by atoms with van der Waals surface area (Å²) in [5.41, 5.74) is 7.92. The Kier molecular flexibility index (Phi) is 5.05. The minimum absolute atomic E-state index is 0.0388. The summed E-state index contributed by atoms with van der Waals surface area (Å²) in [5.74, 6) is 1.07. The van der Waals surface area contributed by atoms with Crippen LogP contribution in [-0.2, 0) is 9.63 Å². The second kappa shape index (κ2) is 6.08. The summed E-state index contributed by atoms with van der Waals surface area (Å²) in [7, 11) is 0. The van der Waals surface area contributed by atoms with Crippen molar-refractivity contribution < 1.29 is 9.63 Å². The van der Waals surface area contributed by atoms with Gasteiger partial charge >= 0.3 is 0 Å². The highest BCUT2D eigenvalue weighted by atomic mass is 16.6. The lowest BCUT2D eigenvalue weighted by molar-refractivity contribution is -0.126. The Balaban J connectivity index is 2.21. The van der Waals surface area contributed by atoms with Crippen LogP contribution in [0.1, 0.15) is 39.5 Å². The van der Waals surface area contributed by atoms with Crippen LogP contribution in [0.25, 0.3) is 0 Å². The summed E-state index contributed by atoms with van der Waals surface area (Å²) in [6, 6.07) is 0.380. The molecule has 1 rings (SSSR count). The van der Waals surface area contributed by atoms with Crippen molar-refractivity contribution in [2.45, 2.75) is 45.6 Å². The van der Waals surface area contributed by atoms with E-state index in [4.69, 9.17) is 10.6 Å². The summed E-state index contributed by atoms with van der Waals surface area (Å²) in [5, 5.41) is 0. The lowest BCUT2D eigenvalue weighted by atomic mass is 9.79. The van der Waals surface area contributed by atoms with E-state index in [1.165, 1.54) is 12.8 Å². The molecular weight excluding hydrogens is 192 g/mol. The van der Waals surface area contributed by atoms with Gasteiger partial charge in [-0.15, -0.1) is 0 Å². The summed E-state index contributed by atoms with van der Waals surface area (Å²) < 4.78 is 0. The summed E-state index contributed by atoms with van der Waals surface area (Å²) >= 11 is 0. The van der Waals surface area contributed by atoms with Gasteiger partial charge in [-0.2, -0.15) is 5.48 Å². The van der Waals surface area contributed by atoms with Gasteiger partial charge in [0.2, 0.25) is 5.91 Å². The second-order valence-corrected chi connectivity index (χ2v) is 4.74. The Labute approximate surface area is 91.5 Å². The Hall–Kier alpha value is -0.610. The highest BCUT2D eigenvalue weighted by Crippen LogP contribution is 2.29. The van der Waals surface area contributed by atoms with Crippen LogP contribution in [0.5, 0.6) is 0 Å². The lowest BCUT2D eigenvalue weighted by Gasteiger charge is -2.31. The van der Waals surface area contributed by atoms with Crippen LogP contribution < -0.4 is 11.2 Å². The SMILES string of the molecule is CC(C)C1CCCC(NOCC(N)=O)C1. The molecule has 1 aliphatic rings. The molecule has 0 spiro atoms. The van der Waals surface area contributed by atoms with Crippen LogP contribution in [0.3, 0.4) is 0 Å². The van der Waals surface area contributed by atoms with Gasteiger partial charge in [0.15, 0.2) is 0 Å². The van der Waals surface area contributed by atoms with E-state index < -0.39 is 5.91 Å². The predicted molar refractivity (Wildman–Crippen MR) is 58.9 cm³/mol. The standard InChI is InChI=1S/C11H22N2O2/c1-8(2)9-4-3-5-10(6-9)13-15-7-11(12)14/h8-10,13H,3-7H2,1-2H3,(H2,12,14). The minimum Gasteiger partial charge on any atom is -0.368 e. The van der Waals surface area contributed by atoms with Crippen LogP contribution >= 0.6 is 0 Å². The van der Waals surface area contributed by atoms with E-state index in [1.807, 2.05) is 0 Å². The van der Waals surface area contributed by atoms with Gasteiger partial charge in [-0.05, 0) is 24.7 Å². The number of carbonyl (C=O) groups excluding carboxylic acids is 1. The van der Waals surface area contributed by atoms with Crippen molar-refractivity contribution in [2.75, 3.05) is 6.61 Å². The van der Waals surface area contributed by atoms with E-state index in [2.05, 4.69) is 19.3 Å². The van der Waals surface area contributed by atoms with E-state index in [-0.39, 0.29) is 6.61 Å². The zero-order valence-electron chi connectivity index (χ0n) is 9.66. The van der Waals surface area contributed by atoms with Crippen LogP contribution in [0, 0.1) is 11.8 Å². The molecule has 1 saturated carbocycles. The van der Waals surface area contributed by atoms with Crippen molar-refractivity contribution in [3.63, 3.8) is 0 Å². The smallest absolute Gasteiger partial charge is 0.245 e. The third-order valence-corrected chi connectivity index (χ3v) is 3.12. The average molecular weight is 214 g/mol. The molecule has 0 bridgehead atoms. The lowest BCUT2D eigenvalue weighted by Crippen LogP contribution is -2.37. The number of rotatable bonds is 5. The molecule has 4 heteroatoms. The van der Waals surface area contributed by atoms with Crippen molar-refractivity contribution in [1.82, 2.24) is 5.48 Å². The van der Waals surface area contributed by atoms with Crippen molar-refractivity contribution >= 4 is 5.91 Å². The highest BCUT2D eigenvalue weighted by Gasteiger charge is 2.24. The third-order valence-electron chi connectivity index (χ3n) is 3.12. The van der Waals surface area contributed by atoms with Gasteiger partial charge in [0.1, 0.15) is 6.61 Å². The molecule has 0 saturated heterocycles. The number of hydrogen-bond acceptors (Lipinski definition) is 3. The van der Waals surface area contributed by atoms with Gasteiger partial charge in [-0.25, -0.2) is 0 Å². The van der Waals surface area contributed by atoms with Crippen LogP contribution in [0.15, 0.2) is 0 Å². The van der Waals surface area contributed by atoms with E-state index in [9.17, 15) is 4.79 Å². The fraction of sp³-hybridized carbons (Fsp3) is 0.909. The Bertz CT molecular complexity index is 207. The number of hydroxylamine groups is 1. The van der Waals surface area contributed by atoms with Gasteiger partial charge in [0, 0.05) is 6.04 Å². The maximum atomic E-state index is 10.5. The molecule has 0 aromatic rings. The average Bonchev–Trinajstić information content (AvgIpc) is 2.17. The van der Waals surface area contributed by atoms with Gasteiger partial charge in [-0.3, -0.25) is 9.63 Å². The molecule has 1 fully saturated rings. The number of carbonyl (C=O) groups is 1. The Morgan fingerprint density at radius 1 is 1.53 bits per heavy atom. The maximum Gasteiger partial charge on any atom is 0.245 e. The zero-order valence-corrected chi connectivity index (χ0v) is 9.66.